The van der Waals surface area contributed by atoms with Crippen LogP contribution in [0.25, 0.3) is 0 Å². The monoisotopic (exact) mass is 338 g/mol. The van der Waals surface area contributed by atoms with E-state index in [0.717, 1.165) is 25.3 Å². The van der Waals surface area contributed by atoms with Gasteiger partial charge in [-0.1, -0.05) is 0 Å². The first kappa shape index (κ1) is 19.4. The van der Waals surface area contributed by atoms with Crippen molar-refractivity contribution >= 4 is 29.0 Å². The number of anilines is 1. The van der Waals surface area contributed by atoms with E-state index < -0.39 is 0 Å². The molecule has 0 spiro atoms. The number of carbonyl (C=O) groups excluding carboxylic acids is 1. The molecule has 0 radical (unpaired) electrons. The minimum absolute atomic E-state index is 0.275. The van der Waals surface area contributed by atoms with Crippen molar-refractivity contribution in [3.05, 3.63) is 29.8 Å². The van der Waals surface area contributed by atoms with Gasteiger partial charge in [0, 0.05) is 11.7 Å². The Balaban J connectivity index is 2.46. The van der Waals surface area contributed by atoms with Gasteiger partial charge in [-0.3, -0.25) is 0 Å². The smallest absolute Gasteiger partial charge is 0.338 e. The van der Waals surface area contributed by atoms with Crippen LogP contribution in [-0.4, -0.2) is 43.4 Å². The lowest BCUT2D eigenvalue weighted by molar-refractivity contribution is -0.896. The van der Waals surface area contributed by atoms with E-state index in [0.29, 0.717) is 17.3 Å². The first-order valence-corrected chi connectivity index (χ1v) is 8.55. The van der Waals surface area contributed by atoms with Crippen molar-refractivity contribution in [1.29, 1.82) is 0 Å². The van der Waals surface area contributed by atoms with Crippen molar-refractivity contribution in [2.24, 2.45) is 0 Å². The van der Waals surface area contributed by atoms with Crippen LogP contribution in [0.1, 0.15) is 38.1 Å². The SMILES string of the molecule is CC[NH+](CC)CCOC(=O)c1ccc(NC(=S)NC(C)C)cc1. The Labute approximate surface area is 144 Å². The molecule has 5 nitrogen and oxygen atoms in total. The highest BCUT2D eigenvalue weighted by molar-refractivity contribution is 7.80. The molecule has 6 heteroatoms. The van der Waals surface area contributed by atoms with Crippen LogP contribution in [0.4, 0.5) is 5.69 Å². The quantitative estimate of drug-likeness (QED) is 0.495. The second kappa shape index (κ2) is 10.2. The second-order valence-electron chi connectivity index (χ2n) is 5.67. The van der Waals surface area contributed by atoms with Crippen LogP contribution in [0.15, 0.2) is 24.3 Å². The Bertz CT molecular complexity index is 499. The van der Waals surface area contributed by atoms with E-state index in [2.05, 4.69) is 24.5 Å². The summed E-state index contributed by atoms with van der Waals surface area (Å²) in [5, 5.41) is 6.75. The van der Waals surface area contributed by atoms with Crippen LogP contribution in [0.2, 0.25) is 0 Å². The lowest BCUT2D eigenvalue weighted by Crippen LogP contribution is -3.11. The van der Waals surface area contributed by atoms with E-state index in [1.165, 1.54) is 4.90 Å². The molecule has 1 aromatic carbocycles. The lowest BCUT2D eigenvalue weighted by Gasteiger charge is -2.15. The average molecular weight is 338 g/mol. The summed E-state index contributed by atoms with van der Waals surface area (Å²) in [6, 6.07) is 7.40. The van der Waals surface area contributed by atoms with Crippen LogP contribution >= 0.6 is 12.2 Å². The molecule has 0 heterocycles. The Kier molecular flexibility index (Phi) is 8.58. The number of rotatable bonds is 8. The molecule has 3 N–H and O–H groups in total. The van der Waals surface area contributed by atoms with Crippen LogP contribution < -0.4 is 15.5 Å². The standard InChI is InChI=1S/C17H27N3O2S/c1-5-20(6-2)11-12-22-16(21)14-7-9-15(10-8-14)19-17(23)18-13(3)4/h7-10,13H,5-6,11-12H2,1-4H3,(H2,18,19,23)/p+1. The summed E-state index contributed by atoms with van der Waals surface area (Å²) < 4.78 is 5.32. The molecule has 1 aromatic rings. The maximum Gasteiger partial charge on any atom is 0.338 e. The van der Waals surface area contributed by atoms with Gasteiger partial charge < -0.3 is 20.3 Å². The van der Waals surface area contributed by atoms with Gasteiger partial charge in [-0.05, 0) is 64.2 Å². The molecule has 0 aromatic heterocycles. The van der Waals surface area contributed by atoms with E-state index in [1.54, 1.807) is 12.1 Å². The summed E-state index contributed by atoms with van der Waals surface area (Å²) in [5.41, 5.74) is 1.39. The Morgan fingerprint density at radius 2 is 1.83 bits per heavy atom. The molecule has 1 rings (SSSR count). The van der Waals surface area contributed by atoms with E-state index in [1.807, 2.05) is 26.0 Å². The molecule has 0 amide bonds. The normalized spacial score (nSPS) is 10.7. The number of hydrogen-bond acceptors (Lipinski definition) is 3. The molecular formula is C17H28N3O2S+. The van der Waals surface area contributed by atoms with Gasteiger partial charge in [-0.15, -0.1) is 0 Å². The maximum absolute atomic E-state index is 12.0. The molecule has 0 unspecified atom stereocenters. The predicted octanol–water partition coefficient (Wildman–Crippen LogP) is 1.46. The minimum atomic E-state index is -0.286. The highest BCUT2D eigenvalue weighted by Crippen LogP contribution is 2.10. The molecule has 128 valence electrons. The Hall–Kier alpha value is -1.66. The molecule has 0 bridgehead atoms. The van der Waals surface area contributed by atoms with Crippen LogP contribution in [0.3, 0.4) is 0 Å². The number of nitrogens with one attached hydrogen (secondary N) is 3. The van der Waals surface area contributed by atoms with Crippen LogP contribution in [-0.2, 0) is 4.74 Å². The van der Waals surface area contributed by atoms with Crippen molar-refractivity contribution in [2.45, 2.75) is 33.7 Å². The highest BCUT2D eigenvalue weighted by atomic mass is 32.1. The maximum atomic E-state index is 12.0. The van der Waals surface area contributed by atoms with Crippen molar-refractivity contribution in [3.8, 4) is 0 Å². The van der Waals surface area contributed by atoms with E-state index in [-0.39, 0.29) is 12.0 Å². The molecule has 0 saturated carbocycles. The van der Waals surface area contributed by atoms with Gasteiger partial charge in [-0.2, -0.15) is 0 Å². The topological polar surface area (TPSA) is 54.8 Å². The van der Waals surface area contributed by atoms with E-state index in [4.69, 9.17) is 17.0 Å². The zero-order valence-corrected chi connectivity index (χ0v) is 15.3. The number of benzene rings is 1. The van der Waals surface area contributed by atoms with E-state index in [9.17, 15) is 4.79 Å². The first-order chi connectivity index (χ1) is 11.0. The van der Waals surface area contributed by atoms with Crippen molar-refractivity contribution in [1.82, 2.24) is 5.32 Å². The van der Waals surface area contributed by atoms with E-state index >= 15 is 0 Å². The molecule has 0 aliphatic carbocycles. The fourth-order valence-electron chi connectivity index (χ4n) is 2.09. The summed E-state index contributed by atoms with van der Waals surface area (Å²) >= 11 is 5.19. The molecule has 0 aliphatic heterocycles. The summed E-state index contributed by atoms with van der Waals surface area (Å²) in [6.45, 7) is 11.7. The third-order valence-corrected chi connectivity index (χ3v) is 3.71. The number of likely N-dealkylation sites (N-methyl/N-ethyl adjacent to an activating group) is 1. The van der Waals surface area contributed by atoms with Gasteiger partial charge in [0.2, 0.25) is 0 Å². The Morgan fingerprint density at radius 3 is 2.35 bits per heavy atom. The molecule has 0 aliphatic rings. The van der Waals surface area contributed by atoms with Gasteiger partial charge in [-0.25, -0.2) is 4.79 Å². The number of thiocarbonyl (C=S) groups is 1. The fourth-order valence-corrected chi connectivity index (χ4v) is 2.45. The number of carbonyl (C=O) groups is 1. The van der Waals surface area contributed by atoms with Crippen molar-refractivity contribution in [2.75, 3.05) is 31.6 Å². The third-order valence-electron chi connectivity index (χ3n) is 3.49. The second-order valence-corrected chi connectivity index (χ2v) is 6.08. The van der Waals surface area contributed by atoms with Crippen LogP contribution in [0, 0.1) is 0 Å². The molecule has 0 fully saturated rings. The predicted molar refractivity (Wildman–Crippen MR) is 98.1 cm³/mol. The highest BCUT2D eigenvalue weighted by Gasteiger charge is 2.09. The first-order valence-electron chi connectivity index (χ1n) is 8.14. The fraction of sp³-hybridized carbons (Fsp3) is 0.529. The van der Waals surface area contributed by atoms with Crippen LogP contribution in [0.5, 0.6) is 0 Å². The summed E-state index contributed by atoms with van der Waals surface area (Å²) in [5.74, 6) is -0.286. The molecule has 23 heavy (non-hydrogen) atoms. The zero-order valence-electron chi connectivity index (χ0n) is 14.4. The zero-order chi connectivity index (χ0) is 17.2. The molecule has 0 atom stereocenters. The van der Waals surface area contributed by atoms with Crippen molar-refractivity contribution in [3.63, 3.8) is 0 Å². The average Bonchev–Trinajstić information content (AvgIpc) is 2.51. The largest absolute Gasteiger partial charge is 0.456 e. The number of esters is 1. The summed E-state index contributed by atoms with van der Waals surface area (Å²) in [4.78, 5) is 13.4. The van der Waals surface area contributed by atoms with Gasteiger partial charge in [0.1, 0.15) is 13.2 Å². The lowest BCUT2D eigenvalue weighted by atomic mass is 10.2. The minimum Gasteiger partial charge on any atom is -0.456 e. The van der Waals surface area contributed by atoms with Gasteiger partial charge in [0.05, 0.1) is 18.7 Å². The molecular weight excluding hydrogens is 310 g/mol. The number of hydrogen-bond donors (Lipinski definition) is 3. The van der Waals surface area contributed by atoms with Gasteiger partial charge in [0.25, 0.3) is 0 Å². The third kappa shape index (κ3) is 7.43. The van der Waals surface area contributed by atoms with Crippen molar-refractivity contribution < 1.29 is 14.4 Å². The Morgan fingerprint density at radius 1 is 1.22 bits per heavy atom. The summed E-state index contributed by atoms with van der Waals surface area (Å²) in [6.07, 6.45) is 0. The number of quaternary nitrogens is 1. The van der Waals surface area contributed by atoms with Gasteiger partial charge in [0.15, 0.2) is 5.11 Å². The molecule has 0 saturated heterocycles. The summed E-state index contributed by atoms with van der Waals surface area (Å²) in [7, 11) is 0. The number of ether oxygens (including phenoxy) is 1. The van der Waals surface area contributed by atoms with Gasteiger partial charge >= 0.3 is 5.97 Å².